The van der Waals surface area contributed by atoms with Crippen molar-refractivity contribution in [3.63, 3.8) is 0 Å². The predicted molar refractivity (Wildman–Crippen MR) is 136 cm³/mol. The molecule has 38 heavy (non-hydrogen) atoms. The van der Waals surface area contributed by atoms with Gasteiger partial charge in [-0.25, -0.2) is 0 Å². The van der Waals surface area contributed by atoms with Crippen LogP contribution in [0.3, 0.4) is 0 Å². The van der Waals surface area contributed by atoms with Gasteiger partial charge in [0.05, 0.1) is 17.0 Å². The van der Waals surface area contributed by atoms with Gasteiger partial charge in [-0.2, -0.15) is 0 Å². The minimum absolute atomic E-state index is 0.0411. The van der Waals surface area contributed by atoms with Gasteiger partial charge in [-0.3, -0.25) is 24.0 Å². The molecule has 0 aromatic heterocycles. The average Bonchev–Trinajstić information content (AvgIpc) is 2.86. The van der Waals surface area contributed by atoms with Gasteiger partial charge in [0.1, 0.15) is 5.75 Å². The summed E-state index contributed by atoms with van der Waals surface area (Å²) in [5, 5.41) is 22.6. The van der Waals surface area contributed by atoms with E-state index in [0.717, 1.165) is 31.3 Å². The van der Waals surface area contributed by atoms with Gasteiger partial charge in [0, 0.05) is 32.1 Å². The van der Waals surface area contributed by atoms with Crippen LogP contribution in [0.25, 0.3) is 0 Å². The first-order valence-electron chi connectivity index (χ1n) is 12.9. The first kappa shape index (κ1) is 25.9. The molecule has 5 rings (SSSR count). The Hall–Kier alpha value is -3.77. The molecular formula is C29H30N2O7. The zero-order chi connectivity index (χ0) is 27.5. The number of phenols is 1. The molecule has 1 amide bonds. The van der Waals surface area contributed by atoms with Crippen LogP contribution in [0.15, 0.2) is 17.7 Å². The van der Waals surface area contributed by atoms with Crippen molar-refractivity contribution in [2.75, 3.05) is 19.0 Å². The fraction of sp³-hybridized carbons (Fsp3) is 0.483. The standard InChI is InChI=1S/C29H30N2O7/c1-31(2)19-12-15(9-8-14-6-4-3-5-7-14)24(33)22-18(19)11-16-10-17-13-20(32)23(28(30)37)27(36)29(17,38)26(35)21(16)25(22)34/h6,12,16-17,21,23,33,38H,3-5,7,10-11,13H2,1-2H3,(H2,30,37)/t16-,17+,21?,23?,29+/m1/s1. The Morgan fingerprint density at radius 3 is 2.47 bits per heavy atom. The fourth-order valence-corrected chi connectivity index (χ4v) is 6.61. The van der Waals surface area contributed by atoms with Crippen LogP contribution < -0.4 is 10.6 Å². The number of phenolic OH excluding ortho intramolecular Hbond substituents is 1. The van der Waals surface area contributed by atoms with Crippen LogP contribution in [-0.2, 0) is 25.6 Å². The van der Waals surface area contributed by atoms with Crippen LogP contribution in [0, 0.1) is 35.5 Å². The number of rotatable bonds is 2. The number of aromatic hydroxyl groups is 1. The molecule has 0 saturated heterocycles. The Labute approximate surface area is 220 Å². The molecule has 5 atom stereocenters. The highest BCUT2D eigenvalue weighted by molar-refractivity contribution is 6.31. The Bertz CT molecular complexity index is 1400. The number of aliphatic hydroxyl groups is 1. The molecule has 0 heterocycles. The van der Waals surface area contributed by atoms with E-state index in [4.69, 9.17) is 5.73 Å². The Morgan fingerprint density at radius 1 is 1.11 bits per heavy atom. The number of carbonyl (C=O) groups excluding carboxylic acids is 5. The second-order valence-electron chi connectivity index (χ2n) is 11.0. The Kier molecular flexibility index (Phi) is 6.27. The van der Waals surface area contributed by atoms with Crippen molar-refractivity contribution < 1.29 is 34.2 Å². The molecule has 1 aromatic rings. The Morgan fingerprint density at radius 2 is 1.84 bits per heavy atom. The number of primary amides is 1. The van der Waals surface area contributed by atoms with Crippen LogP contribution in [0.2, 0.25) is 0 Å². The molecule has 2 fully saturated rings. The second kappa shape index (κ2) is 9.21. The Balaban J connectivity index is 1.60. The number of hydrogen-bond donors (Lipinski definition) is 3. The van der Waals surface area contributed by atoms with Gasteiger partial charge in [-0.05, 0) is 61.6 Å². The fourth-order valence-electron chi connectivity index (χ4n) is 6.61. The lowest BCUT2D eigenvalue weighted by atomic mass is 9.53. The van der Waals surface area contributed by atoms with Crippen molar-refractivity contribution in [2.45, 2.75) is 50.5 Å². The van der Waals surface area contributed by atoms with Gasteiger partial charge in [0.15, 0.2) is 34.7 Å². The van der Waals surface area contributed by atoms with Gasteiger partial charge in [-0.15, -0.1) is 0 Å². The van der Waals surface area contributed by atoms with Crippen molar-refractivity contribution in [1.29, 1.82) is 0 Å². The van der Waals surface area contributed by atoms with E-state index in [1.807, 2.05) is 4.90 Å². The van der Waals surface area contributed by atoms with Crippen molar-refractivity contribution >= 4 is 34.7 Å². The van der Waals surface area contributed by atoms with Crippen molar-refractivity contribution in [3.8, 4) is 17.6 Å². The van der Waals surface area contributed by atoms with E-state index in [1.54, 1.807) is 20.2 Å². The predicted octanol–water partition coefficient (Wildman–Crippen LogP) is 1.24. The second-order valence-corrected chi connectivity index (χ2v) is 11.0. The molecule has 0 spiro atoms. The van der Waals surface area contributed by atoms with Crippen LogP contribution >= 0.6 is 0 Å². The van der Waals surface area contributed by atoms with E-state index in [0.29, 0.717) is 11.3 Å². The summed E-state index contributed by atoms with van der Waals surface area (Å²) in [5.74, 6) is -4.16. The number of fused-ring (bicyclic) bond motifs is 3. The average molecular weight is 519 g/mol. The molecule has 198 valence electrons. The number of anilines is 1. The molecule has 0 aliphatic heterocycles. The summed E-state index contributed by atoms with van der Waals surface area (Å²) < 4.78 is 0. The van der Waals surface area contributed by atoms with Crippen LogP contribution in [0.1, 0.15) is 60.0 Å². The smallest absolute Gasteiger partial charge is 0.235 e. The molecule has 4 aliphatic rings. The number of nitrogens with zero attached hydrogens (tertiary/aromatic N) is 1. The molecule has 0 radical (unpaired) electrons. The lowest BCUT2D eigenvalue weighted by Gasteiger charge is -2.48. The van der Waals surface area contributed by atoms with Gasteiger partial charge in [0.2, 0.25) is 5.91 Å². The monoisotopic (exact) mass is 518 g/mol. The minimum Gasteiger partial charge on any atom is -0.506 e. The summed E-state index contributed by atoms with van der Waals surface area (Å²) in [6, 6.07) is 1.73. The lowest BCUT2D eigenvalue weighted by molar-refractivity contribution is -0.175. The zero-order valence-electron chi connectivity index (χ0n) is 21.4. The minimum atomic E-state index is -2.66. The highest BCUT2D eigenvalue weighted by atomic mass is 16.3. The van der Waals surface area contributed by atoms with E-state index in [2.05, 4.69) is 17.9 Å². The number of carbonyl (C=O) groups is 5. The third-order valence-electron chi connectivity index (χ3n) is 8.51. The third-order valence-corrected chi connectivity index (χ3v) is 8.51. The molecule has 4 N–H and O–H groups in total. The summed E-state index contributed by atoms with van der Waals surface area (Å²) in [6.07, 6.45) is 5.93. The van der Waals surface area contributed by atoms with Crippen LogP contribution in [0.5, 0.6) is 5.75 Å². The number of ketones is 4. The summed E-state index contributed by atoms with van der Waals surface area (Å²) in [5.41, 5.74) is 4.98. The van der Waals surface area contributed by atoms with E-state index >= 15 is 0 Å². The molecule has 1 aromatic carbocycles. The molecule has 4 aliphatic carbocycles. The van der Waals surface area contributed by atoms with Crippen molar-refractivity contribution in [2.24, 2.45) is 29.4 Å². The molecule has 2 saturated carbocycles. The molecule has 0 bridgehead atoms. The van der Waals surface area contributed by atoms with E-state index in [1.165, 1.54) is 0 Å². The largest absolute Gasteiger partial charge is 0.506 e. The number of nitrogens with two attached hydrogens (primary N) is 1. The summed E-state index contributed by atoms with van der Waals surface area (Å²) in [6.45, 7) is 0. The molecular weight excluding hydrogens is 488 g/mol. The summed E-state index contributed by atoms with van der Waals surface area (Å²) in [7, 11) is 3.61. The van der Waals surface area contributed by atoms with Gasteiger partial charge in [-0.1, -0.05) is 17.9 Å². The molecule has 9 heteroatoms. The number of allylic oxidation sites excluding steroid dienone is 2. The zero-order valence-corrected chi connectivity index (χ0v) is 21.4. The van der Waals surface area contributed by atoms with Crippen molar-refractivity contribution in [3.05, 3.63) is 34.4 Å². The van der Waals surface area contributed by atoms with Crippen molar-refractivity contribution in [1.82, 2.24) is 0 Å². The quantitative estimate of drug-likeness (QED) is 0.390. The van der Waals surface area contributed by atoms with E-state index in [9.17, 15) is 34.2 Å². The number of hydrogen-bond acceptors (Lipinski definition) is 8. The first-order valence-corrected chi connectivity index (χ1v) is 12.9. The summed E-state index contributed by atoms with van der Waals surface area (Å²) >= 11 is 0. The van der Waals surface area contributed by atoms with Crippen LogP contribution in [-0.4, -0.2) is 58.9 Å². The van der Waals surface area contributed by atoms with Gasteiger partial charge < -0.3 is 20.8 Å². The van der Waals surface area contributed by atoms with Crippen LogP contribution in [0.4, 0.5) is 5.69 Å². The van der Waals surface area contributed by atoms with Gasteiger partial charge in [0.25, 0.3) is 0 Å². The van der Waals surface area contributed by atoms with Gasteiger partial charge >= 0.3 is 0 Å². The molecule has 9 nitrogen and oxygen atoms in total. The normalized spacial score (nSPS) is 30.3. The van der Waals surface area contributed by atoms with E-state index < -0.39 is 58.3 Å². The maximum atomic E-state index is 13.9. The number of Topliss-reactive ketones (excluding diaryl/α,β-unsaturated/α-hetero) is 4. The maximum Gasteiger partial charge on any atom is 0.235 e. The van der Waals surface area contributed by atoms with E-state index in [-0.39, 0.29) is 36.1 Å². The SMILES string of the molecule is CN(C)c1cc(C#CC2=CCCCC2)c(O)c2c1C[C@H]1C[C@H]3CC(=O)C(C(N)=O)C(=O)[C@@]3(O)C(=O)C1C2=O. The lowest BCUT2D eigenvalue weighted by Crippen LogP contribution is -2.68. The number of amides is 1. The third kappa shape index (κ3) is 3.78. The molecule has 2 unspecified atom stereocenters. The highest BCUT2D eigenvalue weighted by Gasteiger charge is 2.66. The highest BCUT2D eigenvalue weighted by Crippen LogP contribution is 2.51. The maximum absolute atomic E-state index is 13.9. The summed E-state index contributed by atoms with van der Waals surface area (Å²) in [4.78, 5) is 66.8. The first-order chi connectivity index (χ1) is 18.0. The topological polar surface area (TPSA) is 155 Å². The number of benzene rings is 1.